The number of methoxy groups -OCH3 is 1. The molecule has 0 aromatic heterocycles. The number of carbonyl (C=O) groups excluding carboxylic acids is 1. The van der Waals surface area contributed by atoms with Gasteiger partial charge in [-0.25, -0.2) is 4.79 Å². The third-order valence-corrected chi connectivity index (χ3v) is 4.59. The van der Waals surface area contributed by atoms with E-state index >= 15 is 0 Å². The van der Waals surface area contributed by atoms with E-state index in [1.54, 1.807) is 20.1 Å². The SMILES string of the molecule is CCCCCOc1cc(/C=C\C(=O)OCC)c2cccc(CC)c2c1OCOC. The van der Waals surface area contributed by atoms with E-state index in [-0.39, 0.29) is 12.8 Å². The highest BCUT2D eigenvalue weighted by molar-refractivity contribution is 6.01. The van der Waals surface area contributed by atoms with Gasteiger partial charge >= 0.3 is 5.97 Å². The number of unbranched alkanes of at least 4 members (excludes halogenated alkanes) is 2. The zero-order chi connectivity index (χ0) is 21.1. The summed E-state index contributed by atoms with van der Waals surface area (Å²) in [6.45, 7) is 7.15. The average molecular weight is 401 g/mol. The Morgan fingerprint density at radius 3 is 2.62 bits per heavy atom. The van der Waals surface area contributed by atoms with Gasteiger partial charge in [0.1, 0.15) is 0 Å². The van der Waals surface area contributed by atoms with Crippen molar-refractivity contribution < 1.29 is 23.7 Å². The molecule has 0 aliphatic carbocycles. The minimum atomic E-state index is -0.364. The molecule has 5 heteroatoms. The van der Waals surface area contributed by atoms with Crippen LogP contribution in [0.1, 0.15) is 51.2 Å². The molecule has 2 aromatic carbocycles. The number of benzene rings is 2. The number of hydrogen-bond acceptors (Lipinski definition) is 5. The Bertz CT molecular complexity index is 826. The lowest BCUT2D eigenvalue weighted by Crippen LogP contribution is -2.06. The van der Waals surface area contributed by atoms with Crippen LogP contribution in [0, 0.1) is 0 Å². The molecule has 0 bridgehead atoms. The predicted octanol–water partition coefficient (Wildman–Crippen LogP) is 5.53. The van der Waals surface area contributed by atoms with Crippen molar-refractivity contribution in [3.8, 4) is 11.5 Å². The zero-order valence-corrected chi connectivity index (χ0v) is 18.0. The fourth-order valence-electron chi connectivity index (χ4n) is 3.20. The molecule has 0 spiro atoms. The molecule has 0 saturated heterocycles. The van der Waals surface area contributed by atoms with Crippen LogP contribution >= 0.6 is 0 Å². The molecular formula is C24H32O5. The van der Waals surface area contributed by atoms with Crippen molar-refractivity contribution in [2.45, 2.75) is 46.5 Å². The number of rotatable bonds is 12. The van der Waals surface area contributed by atoms with Gasteiger partial charge in [-0.1, -0.05) is 44.9 Å². The molecule has 0 atom stereocenters. The molecule has 0 saturated carbocycles. The molecule has 0 aliphatic rings. The molecule has 2 aromatic rings. The lowest BCUT2D eigenvalue weighted by molar-refractivity contribution is -0.137. The van der Waals surface area contributed by atoms with Gasteiger partial charge in [0.15, 0.2) is 18.3 Å². The van der Waals surface area contributed by atoms with E-state index in [0.717, 1.165) is 47.6 Å². The van der Waals surface area contributed by atoms with Gasteiger partial charge in [0.25, 0.3) is 0 Å². The van der Waals surface area contributed by atoms with E-state index in [4.69, 9.17) is 18.9 Å². The summed E-state index contributed by atoms with van der Waals surface area (Å²) in [6.07, 6.45) is 7.29. The third-order valence-electron chi connectivity index (χ3n) is 4.59. The molecule has 2 rings (SSSR count). The molecule has 158 valence electrons. The van der Waals surface area contributed by atoms with Gasteiger partial charge in [-0.15, -0.1) is 0 Å². The summed E-state index contributed by atoms with van der Waals surface area (Å²) in [5.41, 5.74) is 2.04. The van der Waals surface area contributed by atoms with Crippen molar-refractivity contribution in [2.75, 3.05) is 27.1 Å². The third kappa shape index (κ3) is 6.23. The van der Waals surface area contributed by atoms with E-state index in [2.05, 4.69) is 19.9 Å². The minimum absolute atomic E-state index is 0.135. The van der Waals surface area contributed by atoms with Gasteiger partial charge in [0.2, 0.25) is 0 Å². The van der Waals surface area contributed by atoms with Crippen molar-refractivity contribution >= 4 is 22.8 Å². The molecule has 0 fully saturated rings. The first-order valence-electron chi connectivity index (χ1n) is 10.3. The lowest BCUT2D eigenvalue weighted by Gasteiger charge is -2.18. The summed E-state index contributed by atoms with van der Waals surface area (Å²) < 4.78 is 22.2. The lowest BCUT2D eigenvalue weighted by atomic mass is 9.96. The van der Waals surface area contributed by atoms with Crippen LogP contribution in [0.25, 0.3) is 16.8 Å². The summed E-state index contributed by atoms with van der Waals surface area (Å²) in [5, 5.41) is 1.99. The van der Waals surface area contributed by atoms with Crippen molar-refractivity contribution in [1.29, 1.82) is 0 Å². The summed E-state index contributed by atoms with van der Waals surface area (Å²) in [4.78, 5) is 11.8. The van der Waals surface area contributed by atoms with E-state index in [1.165, 1.54) is 6.08 Å². The molecule has 0 amide bonds. The number of hydrogen-bond donors (Lipinski definition) is 0. The molecule has 29 heavy (non-hydrogen) atoms. The van der Waals surface area contributed by atoms with E-state index in [0.29, 0.717) is 24.7 Å². The van der Waals surface area contributed by atoms with Crippen LogP contribution in [0.15, 0.2) is 30.3 Å². The largest absolute Gasteiger partial charge is 0.490 e. The van der Waals surface area contributed by atoms with Crippen molar-refractivity contribution in [2.24, 2.45) is 0 Å². The maximum absolute atomic E-state index is 11.8. The van der Waals surface area contributed by atoms with Gasteiger partial charge in [-0.3, -0.25) is 0 Å². The molecule has 0 radical (unpaired) electrons. The number of esters is 1. The smallest absolute Gasteiger partial charge is 0.330 e. The molecule has 0 heterocycles. The Balaban J connectivity index is 2.58. The Kier molecular flexibility index (Phi) is 9.51. The topological polar surface area (TPSA) is 54.0 Å². The van der Waals surface area contributed by atoms with Gasteiger partial charge in [0, 0.05) is 18.6 Å². The predicted molar refractivity (Wildman–Crippen MR) is 117 cm³/mol. The first-order chi connectivity index (χ1) is 14.2. The molecule has 0 aliphatic heterocycles. The summed E-state index contributed by atoms with van der Waals surface area (Å²) in [6, 6.07) is 8.06. The quantitative estimate of drug-likeness (QED) is 0.203. The van der Waals surface area contributed by atoms with Crippen LogP contribution in [0.4, 0.5) is 0 Å². The average Bonchev–Trinajstić information content (AvgIpc) is 2.74. The van der Waals surface area contributed by atoms with Crippen LogP contribution in [0.3, 0.4) is 0 Å². The first kappa shape index (κ1) is 22.8. The number of fused-ring (bicyclic) bond motifs is 1. The highest BCUT2D eigenvalue weighted by Crippen LogP contribution is 2.41. The maximum atomic E-state index is 11.8. The fourth-order valence-corrected chi connectivity index (χ4v) is 3.20. The highest BCUT2D eigenvalue weighted by atomic mass is 16.7. The van der Waals surface area contributed by atoms with E-state index < -0.39 is 0 Å². The van der Waals surface area contributed by atoms with Gasteiger partial charge in [0.05, 0.1) is 13.2 Å². The van der Waals surface area contributed by atoms with Crippen LogP contribution in [0.2, 0.25) is 0 Å². The molecular weight excluding hydrogens is 368 g/mol. The van der Waals surface area contributed by atoms with Crippen LogP contribution < -0.4 is 9.47 Å². The fraction of sp³-hybridized carbons (Fsp3) is 0.458. The minimum Gasteiger partial charge on any atom is -0.490 e. The van der Waals surface area contributed by atoms with Crippen molar-refractivity contribution in [1.82, 2.24) is 0 Å². The van der Waals surface area contributed by atoms with Crippen LogP contribution in [0.5, 0.6) is 11.5 Å². The van der Waals surface area contributed by atoms with Gasteiger partial charge in [-0.05, 0) is 48.4 Å². The monoisotopic (exact) mass is 400 g/mol. The number of carbonyl (C=O) groups is 1. The summed E-state index contributed by atoms with van der Waals surface area (Å²) >= 11 is 0. The first-order valence-corrected chi connectivity index (χ1v) is 10.3. The van der Waals surface area contributed by atoms with E-state index in [9.17, 15) is 4.79 Å². The van der Waals surface area contributed by atoms with Crippen molar-refractivity contribution in [3.63, 3.8) is 0 Å². The number of ether oxygens (including phenoxy) is 4. The van der Waals surface area contributed by atoms with Crippen LogP contribution in [-0.2, 0) is 20.7 Å². The second-order valence-corrected chi connectivity index (χ2v) is 6.68. The maximum Gasteiger partial charge on any atom is 0.330 e. The molecule has 5 nitrogen and oxygen atoms in total. The van der Waals surface area contributed by atoms with Crippen molar-refractivity contribution in [3.05, 3.63) is 41.5 Å². The summed E-state index contributed by atoms with van der Waals surface area (Å²) in [7, 11) is 1.60. The Labute approximate surface area is 173 Å². The molecule has 0 unspecified atom stereocenters. The Morgan fingerprint density at radius 2 is 1.93 bits per heavy atom. The standard InChI is InChI=1S/C24H32O5/c1-5-8-9-15-28-21-16-19(13-14-22(25)27-7-3)20-12-10-11-18(6-2)23(20)24(21)29-17-26-4/h10-14,16H,5-9,15,17H2,1-4H3/b14-13-. The Hall–Kier alpha value is -2.53. The Morgan fingerprint density at radius 1 is 1.10 bits per heavy atom. The van der Waals surface area contributed by atoms with E-state index in [1.807, 2.05) is 18.2 Å². The van der Waals surface area contributed by atoms with Crippen LogP contribution in [-0.4, -0.2) is 33.1 Å². The normalized spacial score (nSPS) is 11.2. The second kappa shape index (κ2) is 12.1. The zero-order valence-electron chi connectivity index (χ0n) is 18.0. The molecule has 0 N–H and O–H groups in total. The van der Waals surface area contributed by atoms with Gasteiger partial charge < -0.3 is 18.9 Å². The second-order valence-electron chi connectivity index (χ2n) is 6.68. The van der Waals surface area contributed by atoms with Gasteiger partial charge in [-0.2, -0.15) is 0 Å². The highest BCUT2D eigenvalue weighted by Gasteiger charge is 2.17. The number of aryl methyl sites for hydroxylation is 1. The summed E-state index contributed by atoms with van der Waals surface area (Å²) in [5.74, 6) is 0.983.